The van der Waals surface area contributed by atoms with E-state index in [1.807, 2.05) is 38.1 Å². The topological polar surface area (TPSA) is 41.8 Å². The van der Waals surface area contributed by atoms with Gasteiger partial charge in [-0.3, -0.25) is 4.99 Å². The molecule has 1 rings (SSSR count). The van der Waals surface area contributed by atoms with Crippen LogP contribution in [0.4, 0.5) is 0 Å². The number of aliphatic hydroxyl groups is 1. The van der Waals surface area contributed by atoms with Crippen molar-refractivity contribution in [1.82, 2.24) is 0 Å². The molecular weight excluding hydrogens is 286 g/mol. The zero-order valence-corrected chi connectivity index (χ0v) is 14.4. The molecule has 124 valence electrons. The van der Waals surface area contributed by atoms with E-state index >= 15 is 0 Å². The fourth-order valence-corrected chi connectivity index (χ4v) is 2.35. The molecule has 0 saturated carbocycles. The first kappa shape index (κ1) is 19.1. The van der Waals surface area contributed by atoms with Gasteiger partial charge in [0.05, 0.1) is 18.4 Å². The number of aryl methyl sites for hydroxylation is 1. The Hall–Kier alpha value is -1.97. The Labute approximate surface area is 139 Å². The lowest BCUT2D eigenvalue weighted by atomic mass is 9.94. The summed E-state index contributed by atoms with van der Waals surface area (Å²) in [5.41, 5.74) is 4.86. The second kappa shape index (κ2) is 9.93. The molecule has 1 N–H and O–H groups in total. The summed E-state index contributed by atoms with van der Waals surface area (Å²) < 4.78 is 5.21. The lowest BCUT2D eigenvalue weighted by Crippen LogP contribution is -2.16. The van der Waals surface area contributed by atoms with E-state index in [2.05, 4.69) is 19.2 Å². The smallest absolute Gasteiger partial charge is 0.0918 e. The lowest BCUT2D eigenvalue weighted by molar-refractivity contribution is 0.192. The molecule has 1 atom stereocenters. The minimum atomic E-state index is -0.139. The number of ether oxygens (including phenoxy) is 1. The number of hydrogen-bond donors (Lipinski definition) is 1. The third kappa shape index (κ3) is 5.62. The Bertz CT molecular complexity index is 600. The van der Waals surface area contributed by atoms with E-state index in [1.165, 1.54) is 0 Å². The van der Waals surface area contributed by atoms with Crippen molar-refractivity contribution < 1.29 is 9.84 Å². The van der Waals surface area contributed by atoms with Crippen LogP contribution in [0.3, 0.4) is 0 Å². The van der Waals surface area contributed by atoms with Gasteiger partial charge < -0.3 is 9.84 Å². The molecule has 3 nitrogen and oxygen atoms in total. The molecule has 23 heavy (non-hydrogen) atoms. The summed E-state index contributed by atoms with van der Waals surface area (Å²) in [6.07, 6.45) is 6.24. The summed E-state index contributed by atoms with van der Waals surface area (Å²) in [4.78, 5) is 4.80. The zero-order valence-electron chi connectivity index (χ0n) is 14.4. The van der Waals surface area contributed by atoms with Crippen molar-refractivity contribution in [2.24, 2.45) is 4.99 Å². The van der Waals surface area contributed by atoms with Gasteiger partial charge in [0.2, 0.25) is 0 Å². The van der Waals surface area contributed by atoms with E-state index in [9.17, 15) is 5.11 Å². The average Bonchev–Trinajstić information content (AvgIpc) is 2.53. The predicted octanol–water partition coefficient (Wildman–Crippen LogP) is 3.65. The first-order valence-corrected chi connectivity index (χ1v) is 7.79. The van der Waals surface area contributed by atoms with Crippen LogP contribution >= 0.6 is 0 Å². The third-order valence-electron chi connectivity index (χ3n) is 3.48. The number of methoxy groups -OCH3 is 1. The van der Waals surface area contributed by atoms with Crippen molar-refractivity contribution in [1.29, 1.82) is 0 Å². The van der Waals surface area contributed by atoms with Crippen molar-refractivity contribution in [3.05, 3.63) is 71.8 Å². The Morgan fingerprint density at radius 3 is 2.74 bits per heavy atom. The molecule has 0 radical (unpaired) electrons. The van der Waals surface area contributed by atoms with Gasteiger partial charge in [-0.25, -0.2) is 0 Å². The highest BCUT2D eigenvalue weighted by molar-refractivity contribution is 6.15. The Balaban J connectivity index is 3.45. The van der Waals surface area contributed by atoms with Gasteiger partial charge in [0.1, 0.15) is 0 Å². The van der Waals surface area contributed by atoms with Crippen molar-refractivity contribution in [3.63, 3.8) is 0 Å². The fourth-order valence-electron chi connectivity index (χ4n) is 2.35. The summed E-state index contributed by atoms with van der Waals surface area (Å²) in [7, 11) is 1.65. The molecule has 0 aliphatic rings. The summed E-state index contributed by atoms with van der Waals surface area (Å²) >= 11 is 0. The van der Waals surface area contributed by atoms with Crippen LogP contribution in [-0.4, -0.2) is 37.2 Å². The van der Waals surface area contributed by atoms with Crippen LogP contribution in [0.2, 0.25) is 0 Å². The van der Waals surface area contributed by atoms with Gasteiger partial charge >= 0.3 is 0 Å². The average molecular weight is 313 g/mol. The van der Waals surface area contributed by atoms with Gasteiger partial charge in [-0.2, -0.15) is 0 Å². The summed E-state index contributed by atoms with van der Waals surface area (Å²) in [6.45, 7) is 12.5. The number of nitrogens with zero attached hydrogens (tertiary/aromatic N) is 1. The molecule has 1 unspecified atom stereocenters. The molecular formula is C20H27NO2. The van der Waals surface area contributed by atoms with Crippen molar-refractivity contribution >= 4 is 5.71 Å². The molecule has 1 aromatic rings. The maximum atomic E-state index is 9.34. The second-order valence-electron chi connectivity index (χ2n) is 5.40. The van der Waals surface area contributed by atoms with Gasteiger partial charge in [0.25, 0.3) is 0 Å². The molecule has 0 aromatic heterocycles. The monoisotopic (exact) mass is 313 g/mol. The van der Waals surface area contributed by atoms with Crippen molar-refractivity contribution in [2.75, 3.05) is 20.3 Å². The van der Waals surface area contributed by atoms with E-state index in [-0.39, 0.29) is 12.6 Å². The molecule has 1 aromatic carbocycles. The van der Waals surface area contributed by atoms with Gasteiger partial charge in [0, 0.05) is 19.3 Å². The standard InChI is InChI=1S/C20H27NO2/c1-6-8-16(4)20(21-18(7-2)14-23-5)19-13-15(3)9-10-17(19)11-12-22/h6-10,13,18,22H,2,4,11-12,14H2,1,3,5H3/b8-6-,21-20-. The molecule has 0 saturated heterocycles. The van der Waals surface area contributed by atoms with Crippen LogP contribution in [0.25, 0.3) is 0 Å². The molecule has 0 amide bonds. The van der Waals surface area contributed by atoms with Crippen LogP contribution in [0.5, 0.6) is 0 Å². The predicted molar refractivity (Wildman–Crippen MR) is 98.3 cm³/mol. The van der Waals surface area contributed by atoms with E-state index in [1.54, 1.807) is 13.2 Å². The fraction of sp³-hybridized carbons (Fsp3) is 0.350. The number of allylic oxidation sites excluding steroid dienone is 3. The second-order valence-corrected chi connectivity index (χ2v) is 5.40. The van der Waals surface area contributed by atoms with Crippen LogP contribution in [0, 0.1) is 6.92 Å². The number of benzene rings is 1. The number of rotatable bonds is 9. The summed E-state index contributed by atoms with van der Waals surface area (Å²) in [6, 6.07) is 6.04. The van der Waals surface area contributed by atoms with Gasteiger partial charge in [-0.15, -0.1) is 6.58 Å². The minimum Gasteiger partial charge on any atom is -0.396 e. The van der Waals surface area contributed by atoms with Crippen LogP contribution in [0.15, 0.2) is 60.2 Å². The van der Waals surface area contributed by atoms with E-state index < -0.39 is 0 Å². The Morgan fingerprint density at radius 1 is 1.43 bits per heavy atom. The van der Waals surface area contributed by atoms with Crippen LogP contribution < -0.4 is 0 Å². The zero-order chi connectivity index (χ0) is 17.2. The highest BCUT2D eigenvalue weighted by atomic mass is 16.5. The molecule has 3 heteroatoms. The van der Waals surface area contributed by atoms with E-state index in [0.717, 1.165) is 28.0 Å². The number of aliphatic imine (C=N–C) groups is 1. The molecule has 0 heterocycles. The summed E-state index contributed by atoms with van der Waals surface area (Å²) in [5, 5.41) is 9.34. The number of hydrogen-bond acceptors (Lipinski definition) is 3. The van der Waals surface area contributed by atoms with Crippen LogP contribution in [-0.2, 0) is 11.2 Å². The maximum absolute atomic E-state index is 9.34. The van der Waals surface area contributed by atoms with Gasteiger partial charge in [0.15, 0.2) is 0 Å². The SMILES string of the molecule is C=CC(COC)/N=C(/C(=C)/C=C\C)c1cc(C)ccc1CCO. The first-order valence-electron chi connectivity index (χ1n) is 7.79. The first-order chi connectivity index (χ1) is 11.1. The summed E-state index contributed by atoms with van der Waals surface area (Å²) in [5.74, 6) is 0. The lowest BCUT2D eigenvalue weighted by Gasteiger charge is -2.16. The van der Waals surface area contributed by atoms with E-state index in [4.69, 9.17) is 9.73 Å². The Kier molecular flexibility index (Phi) is 8.23. The van der Waals surface area contributed by atoms with Crippen LogP contribution in [0.1, 0.15) is 23.6 Å². The van der Waals surface area contributed by atoms with E-state index in [0.29, 0.717) is 13.0 Å². The van der Waals surface area contributed by atoms with Crippen molar-refractivity contribution in [3.8, 4) is 0 Å². The largest absolute Gasteiger partial charge is 0.396 e. The van der Waals surface area contributed by atoms with Gasteiger partial charge in [-0.1, -0.05) is 42.5 Å². The quantitative estimate of drug-likeness (QED) is 0.429. The van der Waals surface area contributed by atoms with Crippen molar-refractivity contribution in [2.45, 2.75) is 26.3 Å². The molecule has 0 fully saturated rings. The minimum absolute atomic E-state index is 0.0996. The molecule has 0 spiro atoms. The third-order valence-corrected chi connectivity index (χ3v) is 3.48. The Morgan fingerprint density at radius 2 is 2.17 bits per heavy atom. The normalized spacial score (nSPS) is 13.3. The molecule has 0 bridgehead atoms. The highest BCUT2D eigenvalue weighted by Gasteiger charge is 2.14. The highest BCUT2D eigenvalue weighted by Crippen LogP contribution is 2.19. The maximum Gasteiger partial charge on any atom is 0.0918 e. The molecule has 0 aliphatic heterocycles. The number of aliphatic hydroxyl groups excluding tert-OH is 1. The van der Waals surface area contributed by atoms with Gasteiger partial charge in [-0.05, 0) is 37.5 Å². The molecule has 0 aliphatic carbocycles.